The molecule has 0 radical (unpaired) electrons. The summed E-state index contributed by atoms with van der Waals surface area (Å²) in [4.78, 5) is 2.51. The minimum absolute atomic E-state index is 0.0153. The van der Waals surface area contributed by atoms with Crippen LogP contribution < -0.4 is 4.90 Å². The Morgan fingerprint density at radius 2 is 1.66 bits per heavy atom. The van der Waals surface area contributed by atoms with Crippen molar-refractivity contribution in [1.29, 1.82) is 0 Å². The second-order valence-corrected chi connectivity index (χ2v) is 12.4. The van der Waals surface area contributed by atoms with Crippen LogP contribution in [-0.2, 0) is 10.8 Å². The van der Waals surface area contributed by atoms with Gasteiger partial charge in [-0.05, 0) is 62.1 Å². The number of anilines is 1. The Hall–Kier alpha value is -2.32. The van der Waals surface area contributed by atoms with Gasteiger partial charge in [-0.1, -0.05) is 74.8 Å². The number of allylic oxidation sites excluding steroid dienone is 4. The van der Waals surface area contributed by atoms with Crippen LogP contribution >= 0.6 is 11.6 Å². The fourth-order valence-corrected chi connectivity index (χ4v) is 7.95. The Morgan fingerprint density at radius 1 is 1.00 bits per heavy atom. The molecule has 2 heterocycles. The van der Waals surface area contributed by atoms with Crippen molar-refractivity contribution in [2.45, 2.75) is 70.8 Å². The van der Waals surface area contributed by atoms with Gasteiger partial charge in [0.2, 0.25) is 5.69 Å². The number of rotatable bonds is 4. The highest BCUT2D eigenvalue weighted by Gasteiger charge is 2.48. The van der Waals surface area contributed by atoms with Crippen LogP contribution in [0.15, 0.2) is 71.3 Å². The molecule has 0 aromatic heterocycles. The van der Waals surface area contributed by atoms with Crippen molar-refractivity contribution in [3.63, 3.8) is 0 Å². The molecule has 2 aliphatic heterocycles. The number of likely N-dealkylation sites (N-methyl/N-ethyl adjacent to an activating group) is 1. The van der Waals surface area contributed by atoms with E-state index in [2.05, 4.69) is 119 Å². The van der Waals surface area contributed by atoms with Crippen LogP contribution in [0.25, 0.3) is 0 Å². The third-order valence-corrected chi connectivity index (χ3v) is 9.77. The zero-order valence-corrected chi connectivity index (χ0v) is 23.2. The number of hydrogen-bond acceptors (Lipinski definition) is 1. The van der Waals surface area contributed by atoms with Crippen LogP contribution in [0.3, 0.4) is 0 Å². The predicted molar refractivity (Wildman–Crippen MR) is 151 cm³/mol. The zero-order valence-electron chi connectivity index (χ0n) is 22.4. The van der Waals surface area contributed by atoms with Crippen LogP contribution in [0.2, 0.25) is 0 Å². The molecule has 3 aliphatic rings. The van der Waals surface area contributed by atoms with Crippen molar-refractivity contribution < 1.29 is 4.58 Å². The maximum Gasteiger partial charge on any atom is 0.209 e. The van der Waals surface area contributed by atoms with Gasteiger partial charge < -0.3 is 4.90 Å². The van der Waals surface area contributed by atoms with E-state index < -0.39 is 0 Å². The lowest BCUT2D eigenvalue weighted by molar-refractivity contribution is -0.401. The Kier molecular flexibility index (Phi) is 6.03. The van der Waals surface area contributed by atoms with Gasteiger partial charge in [-0.15, -0.1) is 0 Å². The van der Waals surface area contributed by atoms with E-state index in [-0.39, 0.29) is 10.8 Å². The lowest BCUT2D eigenvalue weighted by atomic mass is 9.69. The van der Waals surface area contributed by atoms with E-state index in [9.17, 15) is 0 Å². The number of fused-ring (bicyclic) bond motifs is 2. The van der Waals surface area contributed by atoms with Crippen molar-refractivity contribution in [2.24, 2.45) is 11.8 Å². The maximum atomic E-state index is 7.24. The highest BCUT2D eigenvalue weighted by Crippen LogP contribution is 2.51. The summed E-state index contributed by atoms with van der Waals surface area (Å²) >= 11 is 7.24. The van der Waals surface area contributed by atoms with Gasteiger partial charge in [-0.2, -0.15) is 4.58 Å². The van der Waals surface area contributed by atoms with Crippen LogP contribution in [0.1, 0.15) is 65.0 Å². The van der Waals surface area contributed by atoms with Gasteiger partial charge in [-0.25, -0.2) is 0 Å². The third kappa shape index (κ3) is 3.71. The van der Waals surface area contributed by atoms with Gasteiger partial charge >= 0.3 is 0 Å². The average Bonchev–Trinajstić information content (AvgIpc) is 3.16. The molecule has 2 aromatic carbocycles. The molecule has 0 unspecified atom stereocenters. The minimum atomic E-state index is -0.0153. The van der Waals surface area contributed by atoms with Gasteiger partial charge in [0.1, 0.15) is 7.05 Å². The lowest BCUT2D eigenvalue weighted by Gasteiger charge is -2.42. The van der Waals surface area contributed by atoms with E-state index in [1.807, 2.05) is 0 Å². The van der Waals surface area contributed by atoms with Crippen LogP contribution in [-0.4, -0.2) is 30.4 Å². The summed E-state index contributed by atoms with van der Waals surface area (Å²) in [6, 6.07) is 18.1. The largest absolute Gasteiger partial charge is 0.370 e. The summed E-state index contributed by atoms with van der Waals surface area (Å²) < 4.78 is 2.34. The summed E-state index contributed by atoms with van der Waals surface area (Å²) in [6.45, 7) is 11.9. The third-order valence-electron chi connectivity index (χ3n) is 9.24. The molecule has 35 heavy (non-hydrogen) atoms. The molecular formula is C32H40ClN2+. The topological polar surface area (TPSA) is 6.25 Å². The smallest absolute Gasteiger partial charge is 0.209 e. The summed E-state index contributed by atoms with van der Waals surface area (Å²) in [5.41, 5.74) is 8.25. The van der Waals surface area contributed by atoms with Crippen molar-refractivity contribution in [3.8, 4) is 0 Å². The van der Waals surface area contributed by atoms with Gasteiger partial charge in [0.15, 0.2) is 5.71 Å². The van der Waals surface area contributed by atoms with Gasteiger partial charge in [0, 0.05) is 46.9 Å². The fraction of sp³-hybridized carbons (Fsp3) is 0.469. The van der Waals surface area contributed by atoms with E-state index in [4.69, 9.17) is 11.6 Å². The monoisotopic (exact) mass is 487 g/mol. The van der Waals surface area contributed by atoms with E-state index in [1.54, 1.807) is 0 Å². The normalized spacial score (nSPS) is 25.9. The molecule has 0 saturated carbocycles. The second kappa shape index (κ2) is 8.66. The molecule has 184 valence electrons. The SMILES string of the molecule is C[C@H]([C@@H]1CCCC(/C=C/C2=[N+](C)c3ccccc3C2(C)C)=C1Cl)[C@@H]1N(C)c2ccccc2C1(C)C. The predicted octanol–water partition coefficient (Wildman–Crippen LogP) is 7.97. The Labute approximate surface area is 217 Å². The lowest BCUT2D eigenvalue weighted by Crippen LogP contribution is -2.47. The quantitative estimate of drug-likeness (QED) is 0.396. The first-order chi connectivity index (χ1) is 16.6. The first-order valence-corrected chi connectivity index (χ1v) is 13.5. The molecule has 3 heteroatoms. The molecule has 0 N–H and O–H groups in total. The fourth-order valence-electron chi connectivity index (χ4n) is 7.48. The van der Waals surface area contributed by atoms with Crippen LogP contribution in [0.5, 0.6) is 0 Å². The molecule has 0 spiro atoms. The minimum Gasteiger partial charge on any atom is -0.370 e. The Bertz CT molecular complexity index is 1250. The van der Waals surface area contributed by atoms with Crippen molar-refractivity contribution in [1.82, 2.24) is 0 Å². The Morgan fingerprint density at radius 3 is 2.34 bits per heavy atom. The van der Waals surface area contributed by atoms with Crippen molar-refractivity contribution in [2.75, 3.05) is 19.0 Å². The number of nitrogens with zero attached hydrogens (tertiary/aromatic N) is 2. The molecule has 0 bridgehead atoms. The van der Waals surface area contributed by atoms with Gasteiger partial charge in [0.05, 0.1) is 5.41 Å². The van der Waals surface area contributed by atoms with Crippen LogP contribution in [0, 0.1) is 11.8 Å². The van der Waals surface area contributed by atoms with Crippen LogP contribution in [0.4, 0.5) is 11.4 Å². The molecule has 0 fully saturated rings. The number of benzene rings is 2. The highest BCUT2D eigenvalue weighted by molar-refractivity contribution is 6.30. The zero-order chi connectivity index (χ0) is 25.1. The number of para-hydroxylation sites is 2. The summed E-state index contributed by atoms with van der Waals surface area (Å²) in [7, 11) is 4.45. The second-order valence-electron chi connectivity index (χ2n) is 11.9. The summed E-state index contributed by atoms with van der Waals surface area (Å²) in [5.74, 6) is 0.851. The molecule has 0 amide bonds. The van der Waals surface area contributed by atoms with Crippen molar-refractivity contribution >= 4 is 28.7 Å². The van der Waals surface area contributed by atoms with Crippen molar-refractivity contribution in [3.05, 3.63) is 82.4 Å². The van der Waals surface area contributed by atoms with E-state index in [0.717, 1.165) is 11.5 Å². The van der Waals surface area contributed by atoms with E-state index in [1.165, 1.54) is 46.6 Å². The number of hydrogen-bond donors (Lipinski definition) is 0. The molecule has 5 rings (SSSR count). The standard InChI is InChI=1S/C32H40ClN2/c1-21(30-32(4,5)25-16-9-11-18-27(25)35(30)7)23-14-12-13-22(29(23)33)19-20-28-31(2,3)24-15-8-10-17-26(24)34(28)6/h8-11,15-21,23,30H,12-14H2,1-7H3/q+1/b20-19+/t21-,23+,30+/m1/s1. The first kappa shape index (κ1) is 24.4. The Balaban J connectivity index is 1.44. The average molecular weight is 488 g/mol. The molecule has 1 aliphatic carbocycles. The highest BCUT2D eigenvalue weighted by atomic mass is 35.5. The van der Waals surface area contributed by atoms with E-state index >= 15 is 0 Å². The van der Waals surface area contributed by atoms with E-state index in [0.29, 0.717) is 17.9 Å². The number of halogens is 1. The first-order valence-electron chi connectivity index (χ1n) is 13.2. The molecule has 2 aromatic rings. The summed E-state index contributed by atoms with van der Waals surface area (Å²) in [6.07, 6.45) is 8.07. The van der Waals surface area contributed by atoms with Gasteiger partial charge in [0.25, 0.3) is 0 Å². The summed E-state index contributed by atoms with van der Waals surface area (Å²) in [5, 5.41) is 1.08. The molecule has 3 atom stereocenters. The molecule has 2 nitrogen and oxygen atoms in total. The van der Waals surface area contributed by atoms with Gasteiger partial charge in [-0.3, -0.25) is 0 Å². The maximum absolute atomic E-state index is 7.24. The molecule has 0 saturated heterocycles. The molecular weight excluding hydrogens is 448 g/mol.